The number of aromatic nitrogens is 2. The van der Waals surface area contributed by atoms with Crippen molar-refractivity contribution in [3.63, 3.8) is 0 Å². The number of rotatable bonds is 9. The van der Waals surface area contributed by atoms with E-state index in [0.29, 0.717) is 6.61 Å². The van der Waals surface area contributed by atoms with Crippen LogP contribution in [-0.2, 0) is 16.6 Å². The second kappa shape index (κ2) is 8.71. The molecule has 1 N–H and O–H groups in total. The molecular weight excluding hydrogens is 256 g/mol. The lowest BCUT2D eigenvalue weighted by Gasteiger charge is -2.21. The van der Waals surface area contributed by atoms with Crippen molar-refractivity contribution in [2.24, 2.45) is 7.05 Å². The lowest BCUT2D eigenvalue weighted by molar-refractivity contribution is -0.145. The van der Waals surface area contributed by atoms with E-state index in [4.69, 9.17) is 4.74 Å². The van der Waals surface area contributed by atoms with E-state index < -0.39 is 6.04 Å². The first-order chi connectivity index (χ1) is 9.62. The van der Waals surface area contributed by atoms with Crippen LogP contribution >= 0.6 is 0 Å². The Morgan fingerprint density at radius 3 is 2.65 bits per heavy atom. The first kappa shape index (κ1) is 16.7. The molecule has 0 radical (unpaired) electrons. The van der Waals surface area contributed by atoms with Crippen LogP contribution in [0.15, 0.2) is 12.4 Å². The van der Waals surface area contributed by atoms with Crippen molar-refractivity contribution in [2.45, 2.75) is 26.8 Å². The van der Waals surface area contributed by atoms with Gasteiger partial charge in [-0.2, -0.15) is 5.10 Å². The van der Waals surface area contributed by atoms with Gasteiger partial charge in [-0.05, 0) is 20.0 Å². The molecule has 6 nitrogen and oxygen atoms in total. The van der Waals surface area contributed by atoms with Gasteiger partial charge in [0.15, 0.2) is 0 Å². The fourth-order valence-electron chi connectivity index (χ4n) is 2.06. The van der Waals surface area contributed by atoms with Gasteiger partial charge in [0.05, 0.1) is 12.8 Å². The summed E-state index contributed by atoms with van der Waals surface area (Å²) < 4.78 is 6.81. The summed E-state index contributed by atoms with van der Waals surface area (Å²) in [6, 6.07) is -0.445. The van der Waals surface area contributed by atoms with E-state index in [-0.39, 0.29) is 5.97 Å². The Labute approximate surface area is 121 Å². The predicted molar refractivity (Wildman–Crippen MR) is 78.4 cm³/mol. The maximum atomic E-state index is 12.0. The minimum Gasteiger partial charge on any atom is -0.465 e. The summed E-state index contributed by atoms with van der Waals surface area (Å²) in [5, 5.41) is 7.38. The zero-order valence-corrected chi connectivity index (χ0v) is 12.9. The van der Waals surface area contributed by atoms with Gasteiger partial charge in [-0.3, -0.25) is 10.00 Å². The van der Waals surface area contributed by atoms with E-state index in [1.54, 1.807) is 10.9 Å². The molecule has 0 aliphatic rings. The average molecular weight is 282 g/mol. The van der Waals surface area contributed by atoms with Crippen molar-refractivity contribution in [1.82, 2.24) is 20.0 Å². The summed E-state index contributed by atoms with van der Waals surface area (Å²) in [5.74, 6) is -0.250. The second-order valence-corrected chi connectivity index (χ2v) is 4.61. The monoisotopic (exact) mass is 282 g/mol. The molecule has 0 saturated heterocycles. The summed E-state index contributed by atoms with van der Waals surface area (Å²) in [6.45, 7) is 10.1. The predicted octanol–water partition coefficient (Wildman–Crippen LogP) is 0.956. The molecule has 1 rings (SSSR count). The van der Waals surface area contributed by atoms with Gasteiger partial charge in [0.1, 0.15) is 6.04 Å². The lowest BCUT2D eigenvalue weighted by Crippen LogP contribution is -2.37. The van der Waals surface area contributed by atoms with Crippen LogP contribution in [0.2, 0.25) is 0 Å². The van der Waals surface area contributed by atoms with Crippen molar-refractivity contribution in [3.8, 4) is 0 Å². The molecule has 0 aromatic carbocycles. The van der Waals surface area contributed by atoms with Crippen LogP contribution in [0.5, 0.6) is 0 Å². The smallest absolute Gasteiger partial charge is 0.327 e. The van der Waals surface area contributed by atoms with Gasteiger partial charge in [-0.15, -0.1) is 0 Å². The van der Waals surface area contributed by atoms with Crippen LogP contribution in [0.25, 0.3) is 0 Å². The van der Waals surface area contributed by atoms with Crippen LogP contribution in [0, 0.1) is 0 Å². The number of hydrogen-bond acceptors (Lipinski definition) is 5. The highest BCUT2D eigenvalue weighted by Crippen LogP contribution is 2.13. The van der Waals surface area contributed by atoms with E-state index in [2.05, 4.69) is 29.2 Å². The molecule has 1 unspecified atom stereocenters. The van der Waals surface area contributed by atoms with Crippen LogP contribution in [-0.4, -0.2) is 53.4 Å². The van der Waals surface area contributed by atoms with E-state index in [0.717, 1.165) is 31.7 Å². The topological polar surface area (TPSA) is 59.4 Å². The molecule has 1 aromatic rings. The number of aryl methyl sites for hydroxylation is 1. The Morgan fingerprint density at radius 2 is 2.15 bits per heavy atom. The van der Waals surface area contributed by atoms with Gasteiger partial charge in [0.2, 0.25) is 0 Å². The SMILES string of the molecule is CCOC(=O)C(NCCN(CC)CC)c1cnn(C)c1. The van der Waals surface area contributed by atoms with Gasteiger partial charge in [0, 0.05) is 31.9 Å². The molecule has 1 heterocycles. The highest BCUT2D eigenvalue weighted by Gasteiger charge is 2.22. The second-order valence-electron chi connectivity index (χ2n) is 4.61. The van der Waals surface area contributed by atoms with E-state index in [9.17, 15) is 4.79 Å². The number of esters is 1. The molecule has 0 fully saturated rings. The van der Waals surface area contributed by atoms with E-state index in [1.807, 2.05) is 20.2 Å². The van der Waals surface area contributed by atoms with Crippen molar-refractivity contribution in [3.05, 3.63) is 18.0 Å². The zero-order chi connectivity index (χ0) is 15.0. The van der Waals surface area contributed by atoms with Crippen molar-refractivity contribution in [2.75, 3.05) is 32.8 Å². The Balaban J connectivity index is 2.62. The highest BCUT2D eigenvalue weighted by atomic mass is 16.5. The quantitative estimate of drug-likeness (QED) is 0.684. The maximum absolute atomic E-state index is 12.0. The summed E-state index contributed by atoms with van der Waals surface area (Å²) in [6.07, 6.45) is 3.54. The summed E-state index contributed by atoms with van der Waals surface area (Å²) in [7, 11) is 1.83. The van der Waals surface area contributed by atoms with E-state index >= 15 is 0 Å². The van der Waals surface area contributed by atoms with Crippen molar-refractivity contribution in [1.29, 1.82) is 0 Å². The van der Waals surface area contributed by atoms with Gasteiger partial charge in [-0.1, -0.05) is 13.8 Å². The molecule has 1 atom stereocenters. The summed E-state index contributed by atoms with van der Waals surface area (Å²) >= 11 is 0. The molecule has 0 bridgehead atoms. The Hall–Kier alpha value is -1.40. The van der Waals surface area contributed by atoms with E-state index in [1.165, 1.54) is 0 Å². The first-order valence-corrected chi connectivity index (χ1v) is 7.23. The fourth-order valence-corrected chi connectivity index (χ4v) is 2.06. The summed E-state index contributed by atoms with van der Waals surface area (Å²) in [5.41, 5.74) is 0.838. The van der Waals surface area contributed by atoms with Crippen molar-refractivity contribution < 1.29 is 9.53 Å². The largest absolute Gasteiger partial charge is 0.465 e. The molecule has 0 amide bonds. The minimum absolute atomic E-state index is 0.250. The highest BCUT2D eigenvalue weighted by molar-refractivity contribution is 5.77. The molecule has 114 valence electrons. The number of hydrogen-bond donors (Lipinski definition) is 1. The minimum atomic E-state index is -0.445. The normalized spacial score (nSPS) is 12.7. The Kier molecular flexibility index (Phi) is 7.25. The molecule has 6 heteroatoms. The third-order valence-corrected chi connectivity index (χ3v) is 3.25. The first-order valence-electron chi connectivity index (χ1n) is 7.23. The maximum Gasteiger partial charge on any atom is 0.327 e. The third-order valence-electron chi connectivity index (χ3n) is 3.25. The molecule has 0 saturated carbocycles. The molecule has 1 aromatic heterocycles. The Bertz CT molecular complexity index is 402. The zero-order valence-electron chi connectivity index (χ0n) is 12.9. The number of carbonyl (C=O) groups is 1. The van der Waals surface area contributed by atoms with Crippen LogP contribution in [0.3, 0.4) is 0 Å². The Morgan fingerprint density at radius 1 is 1.45 bits per heavy atom. The number of carbonyl (C=O) groups excluding carboxylic acids is 1. The summed E-state index contributed by atoms with van der Waals surface area (Å²) in [4.78, 5) is 14.3. The number of likely N-dealkylation sites (N-methyl/N-ethyl adjacent to an activating group) is 1. The van der Waals surface area contributed by atoms with Gasteiger partial charge in [0.25, 0.3) is 0 Å². The van der Waals surface area contributed by atoms with Gasteiger partial charge >= 0.3 is 5.97 Å². The molecule has 20 heavy (non-hydrogen) atoms. The van der Waals surface area contributed by atoms with Crippen LogP contribution in [0.1, 0.15) is 32.4 Å². The standard InChI is InChI=1S/C14H26N4O2/c1-5-18(6-2)9-8-15-13(14(19)20-7-3)12-10-16-17(4)11-12/h10-11,13,15H,5-9H2,1-4H3. The molecule has 0 aliphatic carbocycles. The average Bonchev–Trinajstić information content (AvgIpc) is 2.85. The molecular formula is C14H26N4O2. The van der Waals surface area contributed by atoms with Crippen LogP contribution < -0.4 is 5.32 Å². The molecule has 0 spiro atoms. The van der Waals surface area contributed by atoms with Gasteiger partial charge in [-0.25, -0.2) is 4.79 Å². The number of nitrogens with zero attached hydrogens (tertiary/aromatic N) is 3. The molecule has 0 aliphatic heterocycles. The van der Waals surface area contributed by atoms with Crippen LogP contribution in [0.4, 0.5) is 0 Å². The van der Waals surface area contributed by atoms with Crippen molar-refractivity contribution >= 4 is 5.97 Å². The fraction of sp³-hybridized carbons (Fsp3) is 0.714. The number of ether oxygens (including phenoxy) is 1. The van der Waals surface area contributed by atoms with Gasteiger partial charge < -0.3 is 9.64 Å². The third kappa shape index (κ3) is 4.94. The lowest BCUT2D eigenvalue weighted by atomic mass is 10.1. The number of nitrogens with one attached hydrogen (secondary N) is 1.